The minimum atomic E-state index is -2.08. The Hall–Kier alpha value is -2.75. The van der Waals surface area contributed by atoms with Crippen LogP contribution in [0.25, 0.3) is 0 Å². The second-order valence-corrected chi connectivity index (χ2v) is 8.06. The van der Waals surface area contributed by atoms with Crippen molar-refractivity contribution in [3.8, 4) is 5.75 Å². The van der Waals surface area contributed by atoms with Gasteiger partial charge in [0.2, 0.25) is 0 Å². The Balaban J connectivity index is 1.79. The van der Waals surface area contributed by atoms with Crippen molar-refractivity contribution in [3.63, 3.8) is 0 Å². The summed E-state index contributed by atoms with van der Waals surface area (Å²) in [6.07, 6.45) is 0.384. The van der Waals surface area contributed by atoms with Crippen LogP contribution in [-0.4, -0.2) is 45.4 Å². The maximum absolute atomic E-state index is 13.0. The molecule has 3 rings (SSSR count). The molecule has 0 radical (unpaired) electrons. The number of alkyl halides is 1. The fourth-order valence-corrected chi connectivity index (χ4v) is 3.80. The summed E-state index contributed by atoms with van der Waals surface area (Å²) in [5.74, 6) is -1.88. The third-order valence-corrected chi connectivity index (χ3v) is 6.07. The van der Waals surface area contributed by atoms with Gasteiger partial charge >= 0.3 is 5.97 Å². The molecule has 2 unspecified atom stereocenters. The first-order valence-corrected chi connectivity index (χ1v) is 9.83. The Bertz CT molecular complexity index is 930. The fraction of sp³-hybridized carbons (Fsp3) is 0.238. The van der Waals surface area contributed by atoms with Crippen molar-refractivity contribution in [2.24, 2.45) is 0 Å². The Morgan fingerprint density at radius 2 is 1.76 bits per heavy atom. The number of likely N-dealkylation sites (tertiary alicyclic amines) is 1. The molecule has 8 heteroatoms. The van der Waals surface area contributed by atoms with Gasteiger partial charge in [-0.15, -0.1) is 0 Å². The van der Waals surface area contributed by atoms with Gasteiger partial charge in [0.1, 0.15) is 24.7 Å². The van der Waals surface area contributed by atoms with Crippen LogP contribution in [0.4, 0.5) is 0 Å². The van der Waals surface area contributed by atoms with Gasteiger partial charge in [-0.2, -0.15) is 0 Å². The van der Waals surface area contributed by atoms with Crippen molar-refractivity contribution in [1.82, 2.24) is 4.90 Å². The van der Waals surface area contributed by atoms with Crippen molar-refractivity contribution in [3.05, 3.63) is 65.7 Å². The molecular formula is C21H18INO6. The van der Waals surface area contributed by atoms with E-state index in [0.29, 0.717) is 17.6 Å². The van der Waals surface area contributed by atoms with E-state index in [1.807, 2.05) is 6.07 Å². The Morgan fingerprint density at radius 3 is 2.34 bits per heavy atom. The third-order valence-electron chi connectivity index (χ3n) is 4.63. The van der Waals surface area contributed by atoms with E-state index < -0.39 is 27.1 Å². The Morgan fingerprint density at radius 1 is 1.10 bits per heavy atom. The van der Waals surface area contributed by atoms with E-state index in [1.54, 1.807) is 48.5 Å². The number of hydrogen-bond acceptors (Lipinski definition) is 6. The third kappa shape index (κ3) is 4.02. The zero-order chi connectivity index (χ0) is 21.0. The normalized spacial score (nSPS) is 21.2. The highest BCUT2D eigenvalue weighted by molar-refractivity contribution is 14.1. The first-order valence-electron chi connectivity index (χ1n) is 8.75. The largest absolute Gasteiger partial charge is 0.497 e. The first-order chi connectivity index (χ1) is 13.9. The van der Waals surface area contributed by atoms with E-state index in [4.69, 9.17) is 9.47 Å². The van der Waals surface area contributed by atoms with Crippen LogP contribution in [0, 0.1) is 0 Å². The molecule has 0 N–H and O–H groups in total. The average Bonchev–Trinajstić information content (AvgIpc) is 2.94. The van der Waals surface area contributed by atoms with Crippen molar-refractivity contribution < 1.29 is 28.7 Å². The number of nitrogens with zero attached hydrogens (tertiary/aromatic N) is 1. The number of rotatable bonds is 7. The number of aldehydes is 1. The molecule has 2 atom stereocenters. The Labute approximate surface area is 181 Å². The summed E-state index contributed by atoms with van der Waals surface area (Å²) in [5.41, 5.74) is 1.41. The lowest BCUT2D eigenvalue weighted by atomic mass is 10.0. The van der Waals surface area contributed by atoms with E-state index in [-0.39, 0.29) is 13.2 Å². The van der Waals surface area contributed by atoms with Crippen LogP contribution in [0.3, 0.4) is 0 Å². The number of carbonyl (C=O) groups excluding carboxylic acids is 4. The lowest BCUT2D eigenvalue weighted by Crippen LogP contribution is -2.46. The summed E-state index contributed by atoms with van der Waals surface area (Å²) in [6.45, 7) is -0.0656. The molecule has 1 fully saturated rings. The van der Waals surface area contributed by atoms with Gasteiger partial charge in [0.15, 0.2) is 5.78 Å². The van der Waals surface area contributed by atoms with Gasteiger partial charge in [0.25, 0.3) is 9.33 Å². The lowest BCUT2D eigenvalue weighted by Gasteiger charge is -2.21. The van der Waals surface area contributed by atoms with Gasteiger partial charge in [-0.25, -0.2) is 4.79 Å². The highest BCUT2D eigenvalue weighted by Crippen LogP contribution is 2.35. The van der Waals surface area contributed by atoms with Crippen molar-refractivity contribution in [2.45, 2.75) is 22.6 Å². The summed E-state index contributed by atoms with van der Waals surface area (Å²) in [7, 11) is 1.53. The minimum Gasteiger partial charge on any atom is -0.497 e. The fourth-order valence-electron chi connectivity index (χ4n) is 3.02. The maximum atomic E-state index is 13.0. The molecule has 1 heterocycles. The number of ketones is 1. The minimum absolute atomic E-state index is 0.00862. The second-order valence-electron chi connectivity index (χ2n) is 6.45. The van der Waals surface area contributed by atoms with Crippen LogP contribution in [0.2, 0.25) is 0 Å². The number of halogens is 1. The van der Waals surface area contributed by atoms with Crippen molar-refractivity contribution in [1.29, 1.82) is 0 Å². The highest BCUT2D eigenvalue weighted by Gasteiger charge is 2.63. The Kier molecular flexibility index (Phi) is 6.31. The van der Waals surface area contributed by atoms with Crippen molar-refractivity contribution >= 4 is 46.5 Å². The molecule has 2 aromatic carbocycles. The van der Waals surface area contributed by atoms with Gasteiger partial charge in [-0.05, 0) is 45.9 Å². The number of hydrogen-bond donors (Lipinski definition) is 0. The van der Waals surface area contributed by atoms with Gasteiger partial charge < -0.3 is 19.2 Å². The van der Waals surface area contributed by atoms with E-state index >= 15 is 0 Å². The second kappa shape index (κ2) is 8.73. The molecule has 1 aliphatic heterocycles. The van der Waals surface area contributed by atoms with Crippen LogP contribution in [0.5, 0.6) is 5.75 Å². The summed E-state index contributed by atoms with van der Waals surface area (Å²) in [6, 6.07) is 14.4. The molecule has 0 spiro atoms. The number of benzene rings is 2. The van der Waals surface area contributed by atoms with Crippen LogP contribution in [0.15, 0.2) is 54.6 Å². The molecule has 0 aromatic heterocycles. The maximum Gasteiger partial charge on any atom is 0.340 e. The highest BCUT2D eigenvalue weighted by atomic mass is 127. The zero-order valence-electron chi connectivity index (χ0n) is 15.5. The zero-order valence-corrected chi connectivity index (χ0v) is 17.7. The molecule has 0 bridgehead atoms. The van der Waals surface area contributed by atoms with Gasteiger partial charge in [0, 0.05) is 6.54 Å². The van der Waals surface area contributed by atoms with Gasteiger partial charge in [-0.1, -0.05) is 42.5 Å². The summed E-state index contributed by atoms with van der Waals surface area (Å²) in [5, 5.41) is 0. The number of esters is 1. The molecule has 29 heavy (non-hydrogen) atoms. The quantitative estimate of drug-likeness (QED) is 0.188. The number of methoxy groups -OCH3 is 1. The molecule has 1 aliphatic rings. The molecule has 1 amide bonds. The van der Waals surface area contributed by atoms with E-state index in [1.165, 1.54) is 29.7 Å². The van der Waals surface area contributed by atoms with E-state index in [0.717, 1.165) is 10.5 Å². The number of amides is 1. The van der Waals surface area contributed by atoms with Crippen molar-refractivity contribution in [2.75, 3.05) is 7.11 Å². The predicted octanol–water partition coefficient (Wildman–Crippen LogP) is 2.09. The molecule has 2 aromatic rings. The number of Topliss-reactive ketones (excluding diaryl/α,β-unsaturated/α-hetero) is 1. The standard InChI is InChI=1S/C21H18INO6/c1-28-16-9-7-14(8-10-16)11-23-17(12-24)18(25)21(22,19(23)26)20(27)29-13-15-5-3-2-4-6-15/h2-10,12,17H,11,13H2,1H3. The molecule has 7 nitrogen and oxygen atoms in total. The molecule has 150 valence electrons. The van der Waals surface area contributed by atoms with Crippen LogP contribution in [-0.2, 0) is 37.1 Å². The number of ether oxygens (including phenoxy) is 2. The molecule has 0 aliphatic carbocycles. The topological polar surface area (TPSA) is 90.0 Å². The average molecular weight is 507 g/mol. The van der Waals surface area contributed by atoms with E-state index in [2.05, 4.69) is 0 Å². The summed E-state index contributed by atoms with van der Waals surface area (Å²) >= 11 is 1.50. The van der Waals surface area contributed by atoms with Crippen LogP contribution < -0.4 is 4.74 Å². The number of carbonyl (C=O) groups is 4. The summed E-state index contributed by atoms with van der Waals surface area (Å²) in [4.78, 5) is 51.1. The summed E-state index contributed by atoms with van der Waals surface area (Å²) < 4.78 is 8.25. The monoisotopic (exact) mass is 507 g/mol. The first kappa shape index (κ1) is 21.0. The molecule has 1 saturated heterocycles. The van der Waals surface area contributed by atoms with Gasteiger partial charge in [-0.3, -0.25) is 9.59 Å². The lowest BCUT2D eigenvalue weighted by molar-refractivity contribution is -0.152. The molecular weight excluding hydrogens is 489 g/mol. The van der Waals surface area contributed by atoms with Crippen LogP contribution >= 0.6 is 22.6 Å². The van der Waals surface area contributed by atoms with Crippen LogP contribution in [0.1, 0.15) is 11.1 Å². The van der Waals surface area contributed by atoms with E-state index in [9.17, 15) is 19.2 Å². The smallest absolute Gasteiger partial charge is 0.340 e. The SMILES string of the molecule is COc1ccc(CN2C(=O)C(I)(C(=O)OCc3ccccc3)C(=O)C2C=O)cc1. The predicted molar refractivity (Wildman–Crippen MR) is 111 cm³/mol. The molecule has 0 saturated carbocycles. The van der Waals surface area contributed by atoms with Gasteiger partial charge in [0.05, 0.1) is 7.11 Å².